The molecule has 1 saturated heterocycles. The second kappa shape index (κ2) is 6.15. The van der Waals surface area contributed by atoms with Crippen LogP contribution < -0.4 is 5.32 Å². The molecule has 0 saturated carbocycles. The van der Waals surface area contributed by atoms with Crippen LogP contribution in [0.15, 0.2) is 35.8 Å². The molecule has 0 aromatic carbocycles. The summed E-state index contributed by atoms with van der Waals surface area (Å²) in [7, 11) is 0. The normalized spacial score (nSPS) is 18.1. The van der Waals surface area contributed by atoms with Gasteiger partial charge < -0.3 is 10.1 Å². The number of rotatable bonds is 4. The van der Waals surface area contributed by atoms with Crippen LogP contribution in [0.1, 0.15) is 12.0 Å². The first kappa shape index (κ1) is 13.3. The summed E-state index contributed by atoms with van der Waals surface area (Å²) in [6, 6.07) is 7.96. The van der Waals surface area contributed by atoms with E-state index in [1.54, 1.807) is 17.5 Å². The van der Waals surface area contributed by atoms with E-state index in [0.29, 0.717) is 19.8 Å². The molecule has 2 aromatic rings. The van der Waals surface area contributed by atoms with Crippen LogP contribution in [0.3, 0.4) is 0 Å². The number of pyridine rings is 1. The van der Waals surface area contributed by atoms with E-state index in [2.05, 4.69) is 10.3 Å². The van der Waals surface area contributed by atoms with Crippen LogP contribution in [0.2, 0.25) is 0 Å². The molecule has 0 bridgehead atoms. The standard InChI is InChI=1S/C15H16N2O2S/c18-15(12-5-7-19-10-12)17-9-11-3-1-6-16-14(11)13-4-2-8-20-13/h1-4,6,8,12H,5,7,9-10H2,(H,17,18). The number of aromatic nitrogens is 1. The van der Waals surface area contributed by atoms with Crippen molar-refractivity contribution in [3.63, 3.8) is 0 Å². The fourth-order valence-electron chi connectivity index (χ4n) is 2.28. The van der Waals surface area contributed by atoms with Gasteiger partial charge in [0.2, 0.25) is 5.91 Å². The molecule has 1 N–H and O–H groups in total. The van der Waals surface area contributed by atoms with Crippen molar-refractivity contribution >= 4 is 17.2 Å². The minimum absolute atomic E-state index is 0.00291. The summed E-state index contributed by atoms with van der Waals surface area (Å²) >= 11 is 1.65. The Morgan fingerprint density at radius 2 is 2.40 bits per heavy atom. The van der Waals surface area contributed by atoms with Gasteiger partial charge in [0.25, 0.3) is 0 Å². The number of carbonyl (C=O) groups is 1. The molecule has 1 atom stereocenters. The molecular weight excluding hydrogens is 272 g/mol. The molecule has 3 rings (SSSR count). The van der Waals surface area contributed by atoms with Crippen molar-refractivity contribution in [2.45, 2.75) is 13.0 Å². The maximum Gasteiger partial charge on any atom is 0.225 e. The van der Waals surface area contributed by atoms with Gasteiger partial charge in [-0.3, -0.25) is 9.78 Å². The van der Waals surface area contributed by atoms with Crippen LogP contribution in [0.4, 0.5) is 0 Å². The molecule has 1 aliphatic rings. The fraction of sp³-hybridized carbons (Fsp3) is 0.333. The predicted octanol–water partition coefficient (Wildman–Crippen LogP) is 2.46. The Morgan fingerprint density at radius 3 is 3.15 bits per heavy atom. The van der Waals surface area contributed by atoms with Gasteiger partial charge in [-0.15, -0.1) is 11.3 Å². The number of ether oxygens (including phenoxy) is 1. The van der Waals surface area contributed by atoms with E-state index in [9.17, 15) is 4.79 Å². The molecule has 0 spiro atoms. The van der Waals surface area contributed by atoms with E-state index in [1.165, 1.54) is 0 Å². The van der Waals surface area contributed by atoms with E-state index in [4.69, 9.17) is 4.74 Å². The van der Waals surface area contributed by atoms with Gasteiger partial charge in [0.15, 0.2) is 0 Å². The average Bonchev–Trinajstić information content (AvgIpc) is 3.17. The van der Waals surface area contributed by atoms with Gasteiger partial charge in [0.05, 0.1) is 23.1 Å². The Morgan fingerprint density at radius 1 is 1.45 bits per heavy atom. The average molecular weight is 288 g/mol. The van der Waals surface area contributed by atoms with E-state index in [1.807, 2.05) is 29.6 Å². The summed E-state index contributed by atoms with van der Waals surface area (Å²) in [4.78, 5) is 17.6. The van der Waals surface area contributed by atoms with Gasteiger partial charge in [0.1, 0.15) is 0 Å². The molecule has 2 aromatic heterocycles. The molecule has 3 heterocycles. The van der Waals surface area contributed by atoms with Crippen LogP contribution in [0, 0.1) is 5.92 Å². The number of amides is 1. The Bertz CT molecular complexity index is 577. The van der Waals surface area contributed by atoms with Crippen molar-refractivity contribution < 1.29 is 9.53 Å². The first-order chi connectivity index (χ1) is 9.84. The van der Waals surface area contributed by atoms with E-state index >= 15 is 0 Å². The Kier molecular flexibility index (Phi) is 4.08. The molecule has 1 amide bonds. The SMILES string of the molecule is O=C(NCc1cccnc1-c1cccs1)C1CCOC1. The zero-order chi connectivity index (χ0) is 13.8. The van der Waals surface area contributed by atoms with Crippen LogP contribution in [-0.4, -0.2) is 24.1 Å². The van der Waals surface area contributed by atoms with Gasteiger partial charge in [-0.25, -0.2) is 0 Å². The Labute approximate surface area is 121 Å². The van der Waals surface area contributed by atoms with Gasteiger partial charge in [0, 0.05) is 19.3 Å². The highest BCUT2D eigenvalue weighted by atomic mass is 32.1. The number of hydrogen-bond donors (Lipinski definition) is 1. The second-order valence-corrected chi connectivity index (χ2v) is 5.71. The molecule has 1 fully saturated rings. The first-order valence-corrected chi connectivity index (χ1v) is 7.56. The Hall–Kier alpha value is -1.72. The largest absolute Gasteiger partial charge is 0.381 e. The molecule has 1 unspecified atom stereocenters. The zero-order valence-corrected chi connectivity index (χ0v) is 11.9. The maximum atomic E-state index is 12.0. The summed E-state index contributed by atoms with van der Waals surface area (Å²) in [5, 5.41) is 5.02. The molecule has 0 radical (unpaired) electrons. The van der Waals surface area contributed by atoms with Crippen molar-refractivity contribution in [1.29, 1.82) is 0 Å². The molecule has 0 aliphatic carbocycles. The third-order valence-electron chi connectivity index (χ3n) is 3.40. The minimum Gasteiger partial charge on any atom is -0.381 e. The van der Waals surface area contributed by atoms with Crippen molar-refractivity contribution in [2.24, 2.45) is 5.92 Å². The lowest BCUT2D eigenvalue weighted by Crippen LogP contribution is -2.30. The number of nitrogens with one attached hydrogen (secondary N) is 1. The van der Waals surface area contributed by atoms with Crippen molar-refractivity contribution in [2.75, 3.05) is 13.2 Å². The quantitative estimate of drug-likeness (QED) is 0.940. The molecule has 20 heavy (non-hydrogen) atoms. The lowest BCUT2D eigenvalue weighted by atomic mass is 10.1. The number of nitrogens with zero attached hydrogens (tertiary/aromatic N) is 1. The topological polar surface area (TPSA) is 51.2 Å². The third-order valence-corrected chi connectivity index (χ3v) is 4.28. The van der Waals surface area contributed by atoms with Gasteiger partial charge in [-0.05, 0) is 29.5 Å². The summed E-state index contributed by atoms with van der Waals surface area (Å²) in [5.74, 6) is 0.0698. The van der Waals surface area contributed by atoms with Crippen molar-refractivity contribution in [1.82, 2.24) is 10.3 Å². The highest BCUT2D eigenvalue weighted by Gasteiger charge is 2.23. The molecule has 1 aliphatic heterocycles. The summed E-state index contributed by atoms with van der Waals surface area (Å²) in [6.07, 6.45) is 2.60. The van der Waals surface area contributed by atoms with Crippen LogP contribution in [0.5, 0.6) is 0 Å². The van der Waals surface area contributed by atoms with Crippen LogP contribution in [-0.2, 0) is 16.1 Å². The highest BCUT2D eigenvalue weighted by Crippen LogP contribution is 2.25. The van der Waals surface area contributed by atoms with Gasteiger partial charge in [-0.2, -0.15) is 0 Å². The van der Waals surface area contributed by atoms with E-state index in [-0.39, 0.29) is 11.8 Å². The van der Waals surface area contributed by atoms with Crippen LogP contribution in [0.25, 0.3) is 10.6 Å². The Balaban J connectivity index is 1.70. The fourth-order valence-corrected chi connectivity index (χ4v) is 3.04. The zero-order valence-electron chi connectivity index (χ0n) is 11.0. The van der Waals surface area contributed by atoms with Crippen molar-refractivity contribution in [3.8, 4) is 10.6 Å². The van der Waals surface area contributed by atoms with Crippen LogP contribution >= 0.6 is 11.3 Å². The number of carbonyl (C=O) groups excluding carboxylic acids is 1. The number of thiophene rings is 1. The monoisotopic (exact) mass is 288 g/mol. The van der Waals surface area contributed by atoms with Crippen molar-refractivity contribution in [3.05, 3.63) is 41.4 Å². The lowest BCUT2D eigenvalue weighted by Gasteiger charge is -2.11. The smallest absolute Gasteiger partial charge is 0.225 e. The molecule has 4 nitrogen and oxygen atoms in total. The minimum atomic E-state index is -0.00291. The first-order valence-electron chi connectivity index (χ1n) is 6.68. The predicted molar refractivity (Wildman–Crippen MR) is 78.3 cm³/mol. The van der Waals surface area contributed by atoms with E-state index < -0.39 is 0 Å². The molecule has 104 valence electrons. The number of hydrogen-bond acceptors (Lipinski definition) is 4. The third kappa shape index (κ3) is 2.89. The highest BCUT2D eigenvalue weighted by molar-refractivity contribution is 7.13. The maximum absolute atomic E-state index is 12.0. The lowest BCUT2D eigenvalue weighted by molar-refractivity contribution is -0.125. The van der Waals surface area contributed by atoms with Gasteiger partial charge >= 0.3 is 0 Å². The van der Waals surface area contributed by atoms with Gasteiger partial charge in [-0.1, -0.05) is 12.1 Å². The summed E-state index contributed by atoms with van der Waals surface area (Å²) < 4.78 is 5.24. The summed E-state index contributed by atoms with van der Waals surface area (Å²) in [6.45, 7) is 1.73. The van der Waals surface area contributed by atoms with E-state index in [0.717, 1.165) is 22.6 Å². The molecule has 5 heteroatoms. The summed E-state index contributed by atoms with van der Waals surface area (Å²) in [5.41, 5.74) is 1.99. The molecular formula is C15H16N2O2S. The second-order valence-electron chi connectivity index (χ2n) is 4.77.